The molecular formula is C16H22BrNOS. The van der Waals surface area contributed by atoms with E-state index in [4.69, 9.17) is 0 Å². The van der Waals surface area contributed by atoms with E-state index in [9.17, 15) is 4.79 Å². The van der Waals surface area contributed by atoms with E-state index in [0.717, 1.165) is 46.8 Å². The molecule has 0 radical (unpaired) electrons. The second-order valence-electron chi connectivity index (χ2n) is 5.89. The molecule has 1 aromatic rings. The lowest BCUT2D eigenvalue weighted by Crippen LogP contribution is -2.32. The third-order valence-corrected chi connectivity index (χ3v) is 5.15. The molecule has 1 amide bonds. The Hall–Kier alpha value is -0.480. The van der Waals surface area contributed by atoms with Crippen LogP contribution in [0, 0.1) is 11.8 Å². The fraction of sp³-hybridized carbons (Fsp3) is 0.562. The van der Waals surface area contributed by atoms with Gasteiger partial charge in [-0.25, -0.2) is 0 Å². The number of hydrogen-bond donors (Lipinski definition) is 1. The summed E-state index contributed by atoms with van der Waals surface area (Å²) in [5, 5.41) is 0. The van der Waals surface area contributed by atoms with Crippen LogP contribution in [-0.4, -0.2) is 23.9 Å². The second kappa shape index (κ2) is 6.99. The molecule has 0 saturated carbocycles. The van der Waals surface area contributed by atoms with Crippen molar-refractivity contribution in [1.82, 2.24) is 4.90 Å². The van der Waals surface area contributed by atoms with Crippen molar-refractivity contribution in [2.75, 3.05) is 13.1 Å². The lowest BCUT2D eigenvalue weighted by molar-refractivity contribution is 0.0757. The van der Waals surface area contributed by atoms with Gasteiger partial charge in [0.1, 0.15) is 0 Å². The number of likely N-dealkylation sites (tertiary alicyclic amines) is 1. The highest BCUT2D eigenvalue weighted by atomic mass is 79.9. The summed E-state index contributed by atoms with van der Waals surface area (Å²) in [6.07, 6.45) is 3.45. The molecule has 1 aliphatic heterocycles. The molecule has 0 N–H and O–H groups in total. The predicted molar refractivity (Wildman–Crippen MR) is 89.5 cm³/mol. The second-order valence-corrected chi connectivity index (χ2v) is 7.26. The first-order chi connectivity index (χ1) is 9.49. The van der Waals surface area contributed by atoms with E-state index < -0.39 is 0 Å². The standard InChI is InChI=1S/C16H22BrNOS/c1-11(2)12-4-3-8-18(9-7-12)16(19)14-10-13(20)5-6-15(14)17/h5-6,10-12,20H,3-4,7-9H2,1-2H3. The summed E-state index contributed by atoms with van der Waals surface area (Å²) in [6, 6.07) is 5.63. The third-order valence-electron chi connectivity index (χ3n) is 4.18. The molecule has 110 valence electrons. The van der Waals surface area contributed by atoms with Crippen molar-refractivity contribution < 1.29 is 4.79 Å². The van der Waals surface area contributed by atoms with Crippen LogP contribution in [-0.2, 0) is 0 Å². The maximum Gasteiger partial charge on any atom is 0.255 e. The first-order valence-corrected chi connectivity index (χ1v) is 8.51. The van der Waals surface area contributed by atoms with Crippen LogP contribution in [0.5, 0.6) is 0 Å². The third kappa shape index (κ3) is 3.79. The zero-order valence-corrected chi connectivity index (χ0v) is 14.6. The molecule has 1 aliphatic rings. The van der Waals surface area contributed by atoms with Crippen molar-refractivity contribution in [1.29, 1.82) is 0 Å². The van der Waals surface area contributed by atoms with E-state index in [1.807, 2.05) is 23.1 Å². The first-order valence-electron chi connectivity index (χ1n) is 7.27. The van der Waals surface area contributed by atoms with Gasteiger partial charge in [0, 0.05) is 22.5 Å². The number of carbonyl (C=O) groups excluding carboxylic acids is 1. The monoisotopic (exact) mass is 355 g/mol. The Bertz CT molecular complexity index is 489. The molecular weight excluding hydrogens is 334 g/mol. The van der Waals surface area contributed by atoms with Crippen molar-refractivity contribution in [2.24, 2.45) is 11.8 Å². The van der Waals surface area contributed by atoms with Gasteiger partial charge in [-0.2, -0.15) is 0 Å². The van der Waals surface area contributed by atoms with E-state index in [0.29, 0.717) is 5.92 Å². The maximum atomic E-state index is 12.7. The van der Waals surface area contributed by atoms with Gasteiger partial charge in [0.05, 0.1) is 5.56 Å². The number of hydrogen-bond acceptors (Lipinski definition) is 2. The van der Waals surface area contributed by atoms with Gasteiger partial charge in [-0.05, 0) is 65.2 Å². The quantitative estimate of drug-likeness (QED) is 0.766. The zero-order valence-electron chi connectivity index (χ0n) is 12.1. The first kappa shape index (κ1) is 15.9. The summed E-state index contributed by atoms with van der Waals surface area (Å²) in [4.78, 5) is 15.5. The lowest BCUT2D eigenvalue weighted by Gasteiger charge is -2.22. The molecule has 0 bridgehead atoms. The van der Waals surface area contributed by atoms with Crippen molar-refractivity contribution in [3.8, 4) is 0 Å². The Kier molecular flexibility index (Phi) is 5.56. The molecule has 0 aromatic heterocycles. The molecule has 0 aliphatic carbocycles. The molecule has 4 heteroatoms. The number of halogens is 1. The number of carbonyl (C=O) groups is 1. The Labute approximate surface area is 135 Å². The molecule has 0 spiro atoms. The summed E-state index contributed by atoms with van der Waals surface area (Å²) >= 11 is 7.80. The normalized spacial score (nSPS) is 20.1. The number of thiol groups is 1. The SMILES string of the molecule is CC(C)C1CCCN(C(=O)c2cc(S)ccc2Br)CC1. The Morgan fingerprint density at radius 1 is 1.35 bits per heavy atom. The number of amides is 1. The van der Waals surface area contributed by atoms with Crippen LogP contribution < -0.4 is 0 Å². The van der Waals surface area contributed by atoms with Crippen LogP contribution in [0.1, 0.15) is 43.5 Å². The van der Waals surface area contributed by atoms with Crippen LogP contribution >= 0.6 is 28.6 Å². The van der Waals surface area contributed by atoms with Gasteiger partial charge in [-0.1, -0.05) is 13.8 Å². The molecule has 2 nitrogen and oxygen atoms in total. The van der Waals surface area contributed by atoms with Crippen LogP contribution in [0.15, 0.2) is 27.6 Å². The summed E-state index contributed by atoms with van der Waals surface area (Å²) in [7, 11) is 0. The molecule has 1 heterocycles. The average molecular weight is 356 g/mol. The van der Waals surface area contributed by atoms with E-state index >= 15 is 0 Å². The highest BCUT2D eigenvalue weighted by molar-refractivity contribution is 9.10. The van der Waals surface area contributed by atoms with E-state index in [-0.39, 0.29) is 5.91 Å². The van der Waals surface area contributed by atoms with Crippen LogP contribution in [0.4, 0.5) is 0 Å². The minimum absolute atomic E-state index is 0.122. The molecule has 1 unspecified atom stereocenters. The molecule has 1 saturated heterocycles. The fourth-order valence-electron chi connectivity index (χ4n) is 2.84. The molecule has 1 fully saturated rings. The van der Waals surface area contributed by atoms with Crippen molar-refractivity contribution in [3.05, 3.63) is 28.2 Å². The Morgan fingerprint density at radius 2 is 2.10 bits per heavy atom. The van der Waals surface area contributed by atoms with Crippen molar-refractivity contribution in [3.63, 3.8) is 0 Å². The highest BCUT2D eigenvalue weighted by Crippen LogP contribution is 2.27. The maximum absolute atomic E-state index is 12.7. The van der Waals surface area contributed by atoms with E-state index in [2.05, 4.69) is 42.4 Å². The Morgan fingerprint density at radius 3 is 2.80 bits per heavy atom. The predicted octanol–water partition coefficient (Wildman–Crippen LogP) is 4.64. The molecule has 1 aromatic carbocycles. The van der Waals surface area contributed by atoms with Crippen LogP contribution in [0.2, 0.25) is 0 Å². The van der Waals surface area contributed by atoms with Crippen LogP contribution in [0.3, 0.4) is 0 Å². The van der Waals surface area contributed by atoms with Crippen molar-refractivity contribution in [2.45, 2.75) is 38.0 Å². The summed E-state index contributed by atoms with van der Waals surface area (Å²) < 4.78 is 0.852. The minimum atomic E-state index is 0.122. The summed E-state index contributed by atoms with van der Waals surface area (Å²) in [6.45, 7) is 6.29. The summed E-state index contributed by atoms with van der Waals surface area (Å²) in [5.41, 5.74) is 0.723. The average Bonchev–Trinajstić information content (AvgIpc) is 2.66. The topological polar surface area (TPSA) is 20.3 Å². The number of benzene rings is 1. The molecule has 20 heavy (non-hydrogen) atoms. The van der Waals surface area contributed by atoms with E-state index in [1.165, 1.54) is 6.42 Å². The zero-order chi connectivity index (χ0) is 14.7. The number of nitrogens with zero attached hydrogens (tertiary/aromatic N) is 1. The summed E-state index contributed by atoms with van der Waals surface area (Å²) in [5.74, 6) is 1.57. The molecule has 1 atom stereocenters. The van der Waals surface area contributed by atoms with Gasteiger partial charge >= 0.3 is 0 Å². The molecule has 2 rings (SSSR count). The van der Waals surface area contributed by atoms with Crippen molar-refractivity contribution >= 4 is 34.5 Å². The fourth-order valence-corrected chi connectivity index (χ4v) is 3.46. The minimum Gasteiger partial charge on any atom is -0.339 e. The van der Waals surface area contributed by atoms with Gasteiger partial charge in [-0.3, -0.25) is 4.79 Å². The number of rotatable bonds is 2. The van der Waals surface area contributed by atoms with Gasteiger partial charge in [0.15, 0.2) is 0 Å². The van der Waals surface area contributed by atoms with Gasteiger partial charge < -0.3 is 4.90 Å². The van der Waals surface area contributed by atoms with Gasteiger partial charge in [0.2, 0.25) is 0 Å². The van der Waals surface area contributed by atoms with Gasteiger partial charge in [0.25, 0.3) is 5.91 Å². The van der Waals surface area contributed by atoms with E-state index in [1.54, 1.807) is 0 Å². The van der Waals surface area contributed by atoms with Gasteiger partial charge in [-0.15, -0.1) is 12.6 Å². The largest absolute Gasteiger partial charge is 0.339 e. The lowest BCUT2D eigenvalue weighted by atomic mass is 9.89. The van der Waals surface area contributed by atoms with Crippen LogP contribution in [0.25, 0.3) is 0 Å². The smallest absolute Gasteiger partial charge is 0.255 e. The highest BCUT2D eigenvalue weighted by Gasteiger charge is 2.24. The Balaban J connectivity index is 2.11.